The molecule has 1 aliphatic heterocycles. The number of carbonyl (C=O) groups is 2. The fourth-order valence-electron chi connectivity index (χ4n) is 3.14. The van der Waals surface area contributed by atoms with Crippen LogP contribution in [0.25, 0.3) is 0 Å². The van der Waals surface area contributed by atoms with E-state index >= 15 is 0 Å². The fourth-order valence-corrected chi connectivity index (χ4v) is 3.14. The Kier molecular flexibility index (Phi) is 4.45. The van der Waals surface area contributed by atoms with Gasteiger partial charge in [0, 0.05) is 45.1 Å². The number of amides is 2. The van der Waals surface area contributed by atoms with E-state index in [1.807, 2.05) is 9.80 Å². The van der Waals surface area contributed by atoms with Crippen molar-refractivity contribution in [1.29, 1.82) is 0 Å². The highest BCUT2D eigenvalue weighted by atomic mass is 16.2. The highest BCUT2D eigenvalue weighted by Crippen LogP contribution is 2.29. The van der Waals surface area contributed by atoms with Crippen LogP contribution >= 0.6 is 0 Å². The number of nitrogens with two attached hydrogens (primary N) is 1. The van der Waals surface area contributed by atoms with Crippen molar-refractivity contribution in [1.82, 2.24) is 9.80 Å². The molecule has 3 unspecified atom stereocenters. The van der Waals surface area contributed by atoms with Gasteiger partial charge < -0.3 is 15.5 Å². The maximum Gasteiger partial charge on any atom is 0.225 e. The lowest BCUT2D eigenvalue weighted by atomic mass is 9.78. The number of hydrogen-bond acceptors (Lipinski definition) is 3. The zero-order valence-corrected chi connectivity index (χ0v) is 12.0. The van der Waals surface area contributed by atoms with Crippen LogP contribution in [0.5, 0.6) is 0 Å². The molecule has 108 valence electrons. The van der Waals surface area contributed by atoms with E-state index in [1.165, 1.54) is 0 Å². The Labute approximate surface area is 115 Å². The average Bonchev–Trinajstić information content (AvgIpc) is 2.41. The van der Waals surface area contributed by atoms with Gasteiger partial charge in [0.05, 0.1) is 0 Å². The van der Waals surface area contributed by atoms with Gasteiger partial charge in [0.2, 0.25) is 11.8 Å². The van der Waals surface area contributed by atoms with E-state index < -0.39 is 0 Å². The third-order valence-electron chi connectivity index (χ3n) is 4.62. The summed E-state index contributed by atoms with van der Waals surface area (Å²) in [5.41, 5.74) is 6.00. The Morgan fingerprint density at radius 2 is 1.63 bits per heavy atom. The normalized spacial score (nSPS) is 32.3. The molecule has 0 radical (unpaired) electrons. The van der Waals surface area contributed by atoms with Crippen LogP contribution in [-0.2, 0) is 9.59 Å². The lowest BCUT2D eigenvalue weighted by Gasteiger charge is -2.38. The van der Waals surface area contributed by atoms with Crippen molar-refractivity contribution in [2.24, 2.45) is 17.6 Å². The molecule has 19 heavy (non-hydrogen) atoms. The first kappa shape index (κ1) is 14.3. The molecule has 0 spiro atoms. The maximum atomic E-state index is 12.5. The van der Waals surface area contributed by atoms with Gasteiger partial charge in [0.25, 0.3) is 0 Å². The molecule has 2 fully saturated rings. The van der Waals surface area contributed by atoms with Gasteiger partial charge in [-0.2, -0.15) is 0 Å². The predicted octanol–water partition coefficient (Wildman–Crippen LogP) is 0.441. The number of piperazine rings is 1. The first-order valence-corrected chi connectivity index (χ1v) is 7.29. The molecular weight excluding hydrogens is 242 g/mol. The first-order chi connectivity index (χ1) is 8.99. The summed E-state index contributed by atoms with van der Waals surface area (Å²) in [6.45, 7) is 6.41. The van der Waals surface area contributed by atoms with Crippen LogP contribution in [0.2, 0.25) is 0 Å². The van der Waals surface area contributed by atoms with Crippen LogP contribution in [0.4, 0.5) is 0 Å². The van der Waals surface area contributed by atoms with E-state index in [2.05, 4.69) is 6.92 Å². The highest BCUT2D eigenvalue weighted by Gasteiger charge is 2.33. The Balaban J connectivity index is 1.86. The minimum absolute atomic E-state index is 0.101. The van der Waals surface area contributed by atoms with Gasteiger partial charge in [0.1, 0.15) is 0 Å². The Bertz CT molecular complexity index is 351. The van der Waals surface area contributed by atoms with Gasteiger partial charge >= 0.3 is 0 Å². The molecule has 0 aromatic carbocycles. The van der Waals surface area contributed by atoms with Crippen molar-refractivity contribution in [2.75, 3.05) is 26.2 Å². The second kappa shape index (κ2) is 5.90. The SMILES string of the molecule is CC(=O)N1CCN(C(=O)C2CCC(N)C(C)C2)CC1. The molecule has 1 saturated carbocycles. The number of rotatable bonds is 1. The van der Waals surface area contributed by atoms with Crippen molar-refractivity contribution in [3.05, 3.63) is 0 Å². The van der Waals surface area contributed by atoms with Crippen LogP contribution < -0.4 is 5.73 Å². The van der Waals surface area contributed by atoms with Crippen LogP contribution in [0.3, 0.4) is 0 Å². The van der Waals surface area contributed by atoms with Crippen LogP contribution in [0.15, 0.2) is 0 Å². The molecule has 0 aromatic heterocycles. The summed E-state index contributed by atoms with van der Waals surface area (Å²) in [7, 11) is 0. The fraction of sp³-hybridized carbons (Fsp3) is 0.857. The third-order valence-corrected chi connectivity index (χ3v) is 4.62. The lowest BCUT2D eigenvalue weighted by Crippen LogP contribution is -2.52. The van der Waals surface area contributed by atoms with Crippen molar-refractivity contribution < 1.29 is 9.59 Å². The van der Waals surface area contributed by atoms with Crippen LogP contribution in [0.1, 0.15) is 33.1 Å². The molecule has 1 saturated heterocycles. The summed E-state index contributed by atoms with van der Waals surface area (Å²) in [4.78, 5) is 27.5. The zero-order chi connectivity index (χ0) is 14.0. The van der Waals surface area contributed by atoms with Crippen LogP contribution in [0, 0.1) is 11.8 Å². The molecule has 5 nitrogen and oxygen atoms in total. The molecule has 2 amide bonds. The number of hydrogen-bond donors (Lipinski definition) is 1. The summed E-state index contributed by atoms with van der Waals surface area (Å²) in [5, 5.41) is 0. The molecule has 3 atom stereocenters. The van der Waals surface area contributed by atoms with Crippen molar-refractivity contribution in [3.63, 3.8) is 0 Å². The molecule has 1 heterocycles. The molecule has 1 aliphatic carbocycles. The monoisotopic (exact) mass is 267 g/mol. The second-order valence-electron chi connectivity index (χ2n) is 5.98. The van der Waals surface area contributed by atoms with Gasteiger partial charge in [-0.05, 0) is 25.2 Å². The van der Waals surface area contributed by atoms with Gasteiger partial charge in [-0.25, -0.2) is 0 Å². The molecule has 0 bridgehead atoms. The molecule has 2 rings (SSSR count). The maximum absolute atomic E-state index is 12.5. The smallest absolute Gasteiger partial charge is 0.225 e. The topological polar surface area (TPSA) is 66.6 Å². The largest absolute Gasteiger partial charge is 0.339 e. The van der Waals surface area contributed by atoms with Crippen molar-refractivity contribution in [3.8, 4) is 0 Å². The molecule has 5 heteroatoms. The third kappa shape index (κ3) is 3.26. The minimum Gasteiger partial charge on any atom is -0.339 e. The Morgan fingerprint density at radius 1 is 1.05 bits per heavy atom. The summed E-state index contributed by atoms with van der Waals surface area (Å²) in [6.07, 6.45) is 2.77. The van der Waals surface area contributed by atoms with Crippen molar-refractivity contribution in [2.45, 2.75) is 39.2 Å². The Hall–Kier alpha value is -1.10. The minimum atomic E-state index is 0.101. The number of carbonyl (C=O) groups excluding carboxylic acids is 2. The van der Waals surface area contributed by atoms with E-state index in [-0.39, 0.29) is 23.8 Å². The van der Waals surface area contributed by atoms with E-state index in [9.17, 15) is 9.59 Å². The van der Waals surface area contributed by atoms with Crippen molar-refractivity contribution >= 4 is 11.8 Å². The molecule has 0 aromatic rings. The standard InChI is InChI=1S/C14H25N3O2/c1-10-9-12(3-4-13(10)15)14(19)17-7-5-16(6-8-17)11(2)18/h10,12-13H,3-9,15H2,1-2H3. The highest BCUT2D eigenvalue weighted by molar-refractivity contribution is 5.79. The van der Waals surface area contributed by atoms with E-state index in [0.29, 0.717) is 32.1 Å². The van der Waals surface area contributed by atoms with Gasteiger partial charge in [-0.1, -0.05) is 6.92 Å². The first-order valence-electron chi connectivity index (χ1n) is 7.29. The molecule has 2 aliphatic rings. The average molecular weight is 267 g/mol. The van der Waals surface area contributed by atoms with Crippen LogP contribution in [-0.4, -0.2) is 53.8 Å². The predicted molar refractivity (Wildman–Crippen MR) is 73.3 cm³/mol. The quantitative estimate of drug-likeness (QED) is 0.749. The molecule has 2 N–H and O–H groups in total. The summed E-state index contributed by atoms with van der Waals surface area (Å²) < 4.78 is 0. The summed E-state index contributed by atoms with van der Waals surface area (Å²) in [5.74, 6) is 0.936. The van der Waals surface area contributed by atoms with E-state index in [4.69, 9.17) is 5.73 Å². The second-order valence-corrected chi connectivity index (χ2v) is 5.98. The summed E-state index contributed by atoms with van der Waals surface area (Å²) >= 11 is 0. The number of nitrogens with zero attached hydrogens (tertiary/aromatic N) is 2. The Morgan fingerprint density at radius 3 is 2.16 bits per heavy atom. The molecular formula is C14H25N3O2. The van der Waals surface area contributed by atoms with Gasteiger partial charge in [0.15, 0.2) is 0 Å². The van der Waals surface area contributed by atoms with Gasteiger partial charge in [-0.15, -0.1) is 0 Å². The lowest BCUT2D eigenvalue weighted by molar-refractivity contribution is -0.142. The summed E-state index contributed by atoms with van der Waals surface area (Å²) in [6, 6.07) is 0.249. The van der Waals surface area contributed by atoms with E-state index in [1.54, 1.807) is 6.92 Å². The van der Waals surface area contributed by atoms with Gasteiger partial charge in [-0.3, -0.25) is 9.59 Å². The zero-order valence-electron chi connectivity index (χ0n) is 12.0. The van der Waals surface area contributed by atoms with E-state index in [0.717, 1.165) is 19.3 Å².